The monoisotopic (exact) mass is 221 g/mol. The number of hydrogen-bond donors (Lipinski definition) is 3. The summed E-state index contributed by atoms with van der Waals surface area (Å²) in [6.07, 6.45) is -3.31. The van der Waals surface area contributed by atoms with Crippen LogP contribution >= 0.6 is 0 Å². The lowest BCUT2D eigenvalue weighted by atomic mass is 10.0. The lowest BCUT2D eigenvalue weighted by Crippen LogP contribution is -2.60. The molecule has 0 amide bonds. The summed E-state index contributed by atoms with van der Waals surface area (Å²) in [6, 6.07) is 0. The third-order valence-corrected chi connectivity index (χ3v) is 2.52. The molecule has 5 atom stereocenters. The third kappa shape index (κ3) is 2.28. The first-order chi connectivity index (χ1) is 7.22. The van der Waals surface area contributed by atoms with Crippen molar-refractivity contribution in [1.82, 2.24) is 0 Å². The molecule has 15 heavy (non-hydrogen) atoms. The van der Waals surface area contributed by atoms with Gasteiger partial charge in [-0.25, -0.2) is 0 Å². The molecular formula is C8H15NO6. The summed E-state index contributed by atoms with van der Waals surface area (Å²) in [4.78, 5) is 0. The Bertz CT molecular complexity index is 215. The maximum absolute atomic E-state index is 9.52. The van der Waals surface area contributed by atoms with E-state index in [9.17, 15) is 5.11 Å². The summed E-state index contributed by atoms with van der Waals surface area (Å²) < 4.78 is 20.7. The van der Waals surface area contributed by atoms with Gasteiger partial charge in [0, 0.05) is 0 Å². The van der Waals surface area contributed by atoms with E-state index in [1.54, 1.807) is 0 Å². The Kier molecular flexibility index (Phi) is 3.52. The minimum atomic E-state index is -1.01. The number of aliphatic hydroxyl groups is 2. The van der Waals surface area contributed by atoms with E-state index in [1.165, 1.54) is 0 Å². The molecule has 0 saturated carbocycles. The highest BCUT2D eigenvalue weighted by molar-refractivity contribution is 4.88. The van der Waals surface area contributed by atoms with Crippen molar-refractivity contribution in [3.63, 3.8) is 0 Å². The summed E-state index contributed by atoms with van der Waals surface area (Å²) in [7, 11) is 0. The van der Waals surface area contributed by atoms with Gasteiger partial charge in [0.25, 0.3) is 0 Å². The normalized spacial score (nSPS) is 43.4. The Balaban J connectivity index is 2.03. The minimum Gasteiger partial charge on any atom is -0.394 e. The Labute approximate surface area is 86.7 Å². The van der Waals surface area contributed by atoms with Crippen LogP contribution in [0.1, 0.15) is 0 Å². The van der Waals surface area contributed by atoms with Crippen LogP contribution in [-0.2, 0) is 18.9 Å². The Morgan fingerprint density at radius 2 is 2.13 bits per heavy atom. The highest BCUT2D eigenvalue weighted by Crippen LogP contribution is 2.24. The van der Waals surface area contributed by atoms with Gasteiger partial charge in [-0.3, -0.25) is 5.73 Å². The van der Waals surface area contributed by atoms with E-state index in [1.807, 2.05) is 0 Å². The molecular weight excluding hydrogens is 206 g/mol. The van der Waals surface area contributed by atoms with Gasteiger partial charge < -0.3 is 29.2 Å². The summed E-state index contributed by atoms with van der Waals surface area (Å²) in [5.74, 6) is 0. The number of nitrogens with two attached hydrogens (primary N) is 1. The van der Waals surface area contributed by atoms with Crippen LogP contribution < -0.4 is 5.73 Å². The average molecular weight is 221 g/mol. The van der Waals surface area contributed by atoms with Crippen molar-refractivity contribution in [3.05, 3.63) is 0 Å². The molecule has 0 radical (unpaired) electrons. The fourth-order valence-corrected chi connectivity index (χ4v) is 1.73. The predicted molar refractivity (Wildman–Crippen MR) is 46.5 cm³/mol. The van der Waals surface area contributed by atoms with E-state index in [4.69, 9.17) is 29.8 Å². The average Bonchev–Trinajstić information content (AvgIpc) is 2.27. The lowest BCUT2D eigenvalue weighted by molar-refractivity contribution is -0.340. The first kappa shape index (κ1) is 11.2. The van der Waals surface area contributed by atoms with Crippen molar-refractivity contribution in [2.45, 2.75) is 30.8 Å². The predicted octanol–water partition coefficient (Wildman–Crippen LogP) is -2.26. The molecule has 4 N–H and O–H groups in total. The van der Waals surface area contributed by atoms with Crippen LogP contribution in [0.3, 0.4) is 0 Å². The largest absolute Gasteiger partial charge is 0.394 e. The van der Waals surface area contributed by atoms with Crippen LogP contribution in [0.4, 0.5) is 0 Å². The third-order valence-electron chi connectivity index (χ3n) is 2.52. The molecule has 7 nitrogen and oxygen atoms in total. The molecule has 2 rings (SSSR count). The van der Waals surface area contributed by atoms with Crippen LogP contribution in [0.5, 0.6) is 0 Å². The zero-order valence-corrected chi connectivity index (χ0v) is 8.11. The van der Waals surface area contributed by atoms with Crippen LogP contribution in [0.15, 0.2) is 0 Å². The van der Waals surface area contributed by atoms with Crippen LogP contribution in [0, 0.1) is 0 Å². The van der Waals surface area contributed by atoms with Gasteiger partial charge in [-0.15, -0.1) is 0 Å². The first-order valence-electron chi connectivity index (χ1n) is 4.77. The maximum Gasteiger partial charge on any atom is 0.213 e. The van der Waals surface area contributed by atoms with Gasteiger partial charge in [-0.05, 0) is 0 Å². The zero-order chi connectivity index (χ0) is 10.8. The molecule has 2 aliphatic heterocycles. The van der Waals surface area contributed by atoms with Crippen LogP contribution in [0.2, 0.25) is 0 Å². The van der Waals surface area contributed by atoms with Gasteiger partial charge in [0.15, 0.2) is 0 Å². The van der Waals surface area contributed by atoms with Crippen molar-refractivity contribution >= 4 is 0 Å². The molecule has 2 saturated heterocycles. The van der Waals surface area contributed by atoms with Gasteiger partial charge in [-0.1, -0.05) is 0 Å². The van der Waals surface area contributed by atoms with Gasteiger partial charge in [0.05, 0.1) is 13.2 Å². The Hall–Kier alpha value is -0.280. The molecule has 7 heteroatoms. The molecule has 0 spiro atoms. The molecule has 2 fully saturated rings. The summed E-state index contributed by atoms with van der Waals surface area (Å²) in [5.41, 5.74) is 5.45. The highest BCUT2D eigenvalue weighted by atomic mass is 16.8. The Morgan fingerprint density at radius 3 is 2.87 bits per heavy atom. The smallest absolute Gasteiger partial charge is 0.213 e. The van der Waals surface area contributed by atoms with Gasteiger partial charge in [0.2, 0.25) is 6.41 Å². The first-order valence-corrected chi connectivity index (χ1v) is 4.77. The lowest BCUT2D eigenvalue weighted by Gasteiger charge is -2.43. The van der Waals surface area contributed by atoms with Crippen LogP contribution in [-0.4, -0.2) is 61.0 Å². The van der Waals surface area contributed by atoms with E-state index in [-0.39, 0.29) is 12.9 Å². The number of aliphatic hydroxyl groups excluding tert-OH is 2. The highest BCUT2D eigenvalue weighted by Gasteiger charge is 2.43. The molecule has 88 valence electrons. The van der Waals surface area contributed by atoms with Gasteiger partial charge in [0.1, 0.15) is 31.2 Å². The van der Waals surface area contributed by atoms with Crippen molar-refractivity contribution in [1.29, 1.82) is 0 Å². The molecule has 0 aliphatic carbocycles. The quantitative estimate of drug-likeness (QED) is 0.483. The topological polar surface area (TPSA) is 103 Å². The minimum absolute atomic E-state index is 0.0465. The number of hydrogen-bond acceptors (Lipinski definition) is 7. The number of rotatable bonds is 2. The van der Waals surface area contributed by atoms with Crippen molar-refractivity contribution < 1.29 is 29.2 Å². The van der Waals surface area contributed by atoms with E-state index in [0.29, 0.717) is 6.61 Å². The zero-order valence-electron chi connectivity index (χ0n) is 8.11. The molecule has 5 unspecified atom stereocenters. The fourth-order valence-electron chi connectivity index (χ4n) is 1.73. The van der Waals surface area contributed by atoms with Crippen molar-refractivity contribution in [3.8, 4) is 0 Å². The summed E-state index contributed by atoms with van der Waals surface area (Å²) in [6.45, 7) is -0.0535. The van der Waals surface area contributed by atoms with Crippen molar-refractivity contribution in [2.24, 2.45) is 5.73 Å². The standard InChI is InChI=1S/C8H15NO6/c9-8-12-2-5-7(15-8)6(4(11)1-10)14-3-13-5/h4-8,10-11H,1-3,9H2. The van der Waals surface area contributed by atoms with Gasteiger partial charge in [-0.2, -0.15) is 0 Å². The maximum atomic E-state index is 9.52. The Morgan fingerprint density at radius 1 is 1.33 bits per heavy atom. The second-order valence-electron chi connectivity index (χ2n) is 3.51. The summed E-state index contributed by atoms with van der Waals surface area (Å²) >= 11 is 0. The van der Waals surface area contributed by atoms with Gasteiger partial charge >= 0.3 is 0 Å². The SMILES string of the molecule is NC1OCC2OCOC(C(O)CO)C2O1. The second kappa shape index (κ2) is 4.71. The van der Waals surface area contributed by atoms with Crippen LogP contribution in [0.25, 0.3) is 0 Å². The van der Waals surface area contributed by atoms with E-state index < -0.39 is 31.3 Å². The van der Waals surface area contributed by atoms with E-state index in [2.05, 4.69) is 0 Å². The molecule has 0 aromatic carbocycles. The molecule has 0 aromatic rings. The van der Waals surface area contributed by atoms with Crippen molar-refractivity contribution in [2.75, 3.05) is 20.0 Å². The van der Waals surface area contributed by atoms with E-state index >= 15 is 0 Å². The number of ether oxygens (including phenoxy) is 4. The molecule has 0 aromatic heterocycles. The number of fused-ring (bicyclic) bond motifs is 1. The molecule has 0 bridgehead atoms. The van der Waals surface area contributed by atoms with E-state index in [0.717, 1.165) is 0 Å². The molecule has 2 aliphatic rings. The summed E-state index contributed by atoms with van der Waals surface area (Å²) in [5, 5.41) is 18.4. The fraction of sp³-hybridized carbons (Fsp3) is 1.00. The second-order valence-corrected chi connectivity index (χ2v) is 3.51. The molecule has 2 heterocycles.